The van der Waals surface area contributed by atoms with Gasteiger partial charge < -0.3 is 4.74 Å². The van der Waals surface area contributed by atoms with Crippen LogP contribution in [-0.4, -0.2) is 13.1 Å². The van der Waals surface area contributed by atoms with E-state index in [0.29, 0.717) is 4.88 Å². The molecule has 0 amide bonds. The average Bonchev–Trinajstić information content (AvgIpc) is 2.85. The predicted molar refractivity (Wildman–Crippen MR) is 71.7 cm³/mol. The van der Waals surface area contributed by atoms with Crippen molar-refractivity contribution >= 4 is 29.1 Å². The summed E-state index contributed by atoms with van der Waals surface area (Å²) in [7, 11) is 1.41. The summed E-state index contributed by atoms with van der Waals surface area (Å²) in [6.07, 6.45) is 0. The molecule has 0 N–H and O–H groups in total. The standard InChI is InChI=1S/C13H12O2S2/c1-15-13(14)12-11(7-8-16-12)17-9-10-5-3-2-4-6-10/h2-8H,9H2,1H3. The van der Waals surface area contributed by atoms with Crippen molar-refractivity contribution in [1.82, 2.24) is 0 Å². The van der Waals surface area contributed by atoms with Crippen LogP contribution in [-0.2, 0) is 10.5 Å². The fraction of sp³-hybridized carbons (Fsp3) is 0.154. The highest BCUT2D eigenvalue weighted by Crippen LogP contribution is 2.30. The first-order chi connectivity index (χ1) is 8.31. The van der Waals surface area contributed by atoms with Gasteiger partial charge in [-0.1, -0.05) is 30.3 Å². The highest BCUT2D eigenvalue weighted by molar-refractivity contribution is 7.98. The van der Waals surface area contributed by atoms with Crippen LogP contribution in [0.2, 0.25) is 0 Å². The highest BCUT2D eigenvalue weighted by Gasteiger charge is 2.13. The van der Waals surface area contributed by atoms with Crippen molar-refractivity contribution in [2.45, 2.75) is 10.6 Å². The van der Waals surface area contributed by atoms with Gasteiger partial charge in [-0.05, 0) is 17.0 Å². The smallest absolute Gasteiger partial charge is 0.349 e. The van der Waals surface area contributed by atoms with Crippen molar-refractivity contribution in [2.75, 3.05) is 7.11 Å². The molecule has 0 saturated heterocycles. The summed E-state index contributed by atoms with van der Waals surface area (Å²) >= 11 is 3.08. The summed E-state index contributed by atoms with van der Waals surface area (Å²) < 4.78 is 4.75. The van der Waals surface area contributed by atoms with Gasteiger partial charge in [0, 0.05) is 10.6 Å². The minimum absolute atomic E-state index is 0.254. The van der Waals surface area contributed by atoms with E-state index >= 15 is 0 Å². The van der Waals surface area contributed by atoms with Gasteiger partial charge in [-0.25, -0.2) is 4.79 Å². The topological polar surface area (TPSA) is 26.3 Å². The molecule has 1 aromatic heterocycles. The predicted octanol–water partition coefficient (Wildman–Crippen LogP) is 3.83. The molecule has 88 valence electrons. The first-order valence-electron chi connectivity index (χ1n) is 5.14. The Morgan fingerprint density at radius 2 is 2.06 bits per heavy atom. The van der Waals surface area contributed by atoms with Crippen LogP contribution in [0.25, 0.3) is 0 Å². The van der Waals surface area contributed by atoms with Gasteiger partial charge in [0.1, 0.15) is 4.88 Å². The number of carbonyl (C=O) groups is 1. The molecule has 0 aliphatic carbocycles. The maximum Gasteiger partial charge on any atom is 0.349 e. The average molecular weight is 264 g/mol. The summed E-state index contributed by atoms with van der Waals surface area (Å²) in [5.41, 5.74) is 1.25. The maximum atomic E-state index is 11.5. The Balaban J connectivity index is 2.05. The molecule has 0 radical (unpaired) electrons. The molecule has 0 aliphatic heterocycles. The number of benzene rings is 1. The van der Waals surface area contributed by atoms with E-state index in [1.165, 1.54) is 24.0 Å². The third-order valence-corrected chi connectivity index (χ3v) is 4.39. The van der Waals surface area contributed by atoms with E-state index in [9.17, 15) is 4.79 Å². The van der Waals surface area contributed by atoms with Gasteiger partial charge in [0.2, 0.25) is 0 Å². The van der Waals surface area contributed by atoms with Gasteiger partial charge in [0.05, 0.1) is 7.11 Å². The quantitative estimate of drug-likeness (QED) is 0.620. The Hall–Kier alpha value is -1.26. The molecule has 2 aromatic rings. The Labute approximate surface area is 109 Å². The maximum absolute atomic E-state index is 11.5. The van der Waals surface area contributed by atoms with Gasteiger partial charge in [-0.15, -0.1) is 23.1 Å². The second kappa shape index (κ2) is 5.89. The molecule has 0 atom stereocenters. The molecule has 2 rings (SSSR count). The molecule has 0 spiro atoms. The molecule has 0 saturated carbocycles. The molecule has 1 aromatic carbocycles. The second-order valence-corrected chi connectivity index (χ2v) is 5.31. The van der Waals surface area contributed by atoms with E-state index in [4.69, 9.17) is 4.74 Å². The third kappa shape index (κ3) is 3.11. The second-order valence-electron chi connectivity index (χ2n) is 3.38. The summed E-state index contributed by atoms with van der Waals surface area (Å²) in [6.45, 7) is 0. The molecular formula is C13H12O2S2. The first kappa shape index (κ1) is 12.2. The molecule has 1 heterocycles. The molecular weight excluding hydrogens is 252 g/mol. The van der Waals surface area contributed by atoms with E-state index in [1.807, 2.05) is 29.6 Å². The number of methoxy groups -OCH3 is 1. The number of hydrogen-bond acceptors (Lipinski definition) is 4. The zero-order chi connectivity index (χ0) is 12.1. The zero-order valence-electron chi connectivity index (χ0n) is 9.38. The van der Waals surface area contributed by atoms with Crippen molar-refractivity contribution in [3.05, 3.63) is 52.2 Å². The minimum atomic E-state index is -0.254. The number of rotatable bonds is 4. The Morgan fingerprint density at radius 3 is 2.76 bits per heavy atom. The van der Waals surface area contributed by atoms with E-state index in [1.54, 1.807) is 11.8 Å². The van der Waals surface area contributed by atoms with Crippen LogP contribution in [0.15, 0.2) is 46.7 Å². The largest absolute Gasteiger partial charge is 0.465 e. The molecule has 0 bridgehead atoms. The molecule has 4 heteroatoms. The van der Waals surface area contributed by atoms with Crippen LogP contribution < -0.4 is 0 Å². The molecule has 2 nitrogen and oxygen atoms in total. The van der Waals surface area contributed by atoms with Crippen molar-refractivity contribution in [3.63, 3.8) is 0 Å². The molecule has 0 aliphatic rings. The fourth-order valence-electron chi connectivity index (χ4n) is 1.39. The van der Waals surface area contributed by atoms with Gasteiger partial charge in [-0.2, -0.15) is 0 Å². The van der Waals surface area contributed by atoms with E-state index < -0.39 is 0 Å². The minimum Gasteiger partial charge on any atom is -0.465 e. The fourth-order valence-corrected chi connectivity index (χ4v) is 3.39. The van der Waals surface area contributed by atoms with Gasteiger partial charge in [0.25, 0.3) is 0 Å². The lowest BCUT2D eigenvalue weighted by atomic mass is 10.2. The number of esters is 1. The number of thioether (sulfide) groups is 1. The number of hydrogen-bond donors (Lipinski definition) is 0. The van der Waals surface area contributed by atoms with Gasteiger partial charge in [0.15, 0.2) is 0 Å². The van der Waals surface area contributed by atoms with Crippen molar-refractivity contribution in [3.8, 4) is 0 Å². The number of carbonyl (C=O) groups excluding carboxylic acids is 1. The normalized spacial score (nSPS) is 10.2. The zero-order valence-corrected chi connectivity index (χ0v) is 11.0. The first-order valence-corrected chi connectivity index (χ1v) is 7.00. The lowest BCUT2D eigenvalue weighted by molar-refractivity contribution is 0.0603. The number of ether oxygens (including phenoxy) is 1. The Morgan fingerprint density at radius 1 is 1.29 bits per heavy atom. The summed E-state index contributed by atoms with van der Waals surface area (Å²) in [5, 5.41) is 1.92. The van der Waals surface area contributed by atoms with Crippen LogP contribution >= 0.6 is 23.1 Å². The van der Waals surface area contributed by atoms with Crippen LogP contribution in [0.4, 0.5) is 0 Å². The molecule has 17 heavy (non-hydrogen) atoms. The van der Waals surface area contributed by atoms with Crippen molar-refractivity contribution in [1.29, 1.82) is 0 Å². The van der Waals surface area contributed by atoms with Crippen LogP contribution in [0, 0.1) is 0 Å². The van der Waals surface area contributed by atoms with Crippen molar-refractivity contribution in [2.24, 2.45) is 0 Å². The molecule has 0 unspecified atom stereocenters. The van der Waals surface area contributed by atoms with Crippen LogP contribution in [0.1, 0.15) is 15.2 Å². The highest BCUT2D eigenvalue weighted by atomic mass is 32.2. The van der Waals surface area contributed by atoms with Crippen LogP contribution in [0.5, 0.6) is 0 Å². The molecule has 0 fully saturated rings. The SMILES string of the molecule is COC(=O)c1sccc1SCc1ccccc1. The lowest BCUT2D eigenvalue weighted by Crippen LogP contribution is -1.99. The van der Waals surface area contributed by atoms with E-state index in [2.05, 4.69) is 12.1 Å². The Kier molecular flexibility index (Phi) is 4.23. The van der Waals surface area contributed by atoms with Gasteiger partial charge in [-0.3, -0.25) is 0 Å². The summed E-state index contributed by atoms with van der Waals surface area (Å²) in [4.78, 5) is 13.2. The van der Waals surface area contributed by atoms with Crippen LogP contribution in [0.3, 0.4) is 0 Å². The lowest BCUT2D eigenvalue weighted by Gasteiger charge is -2.02. The number of thiophene rings is 1. The monoisotopic (exact) mass is 264 g/mol. The summed E-state index contributed by atoms with van der Waals surface area (Å²) in [5.74, 6) is 0.609. The summed E-state index contributed by atoms with van der Waals surface area (Å²) in [6, 6.07) is 12.2. The van der Waals surface area contributed by atoms with E-state index in [0.717, 1.165) is 10.6 Å². The van der Waals surface area contributed by atoms with E-state index in [-0.39, 0.29) is 5.97 Å². The Bertz CT molecular complexity index is 491. The van der Waals surface area contributed by atoms with Gasteiger partial charge >= 0.3 is 5.97 Å². The van der Waals surface area contributed by atoms with Crippen molar-refractivity contribution < 1.29 is 9.53 Å². The third-order valence-electron chi connectivity index (χ3n) is 2.24.